The monoisotopic (exact) mass is 744 g/mol. The summed E-state index contributed by atoms with van der Waals surface area (Å²) in [6.45, 7) is 3.07. The first-order valence-electron chi connectivity index (χ1n) is 17.7. The van der Waals surface area contributed by atoms with Crippen molar-refractivity contribution in [1.82, 2.24) is 42.2 Å². The molecule has 2 saturated heterocycles. The van der Waals surface area contributed by atoms with Crippen LogP contribution in [0.3, 0.4) is 0 Å². The number of carboxylic acid groups (broad SMARTS) is 1. The number of aliphatic carboxylic acids is 1. The largest absolute Gasteiger partial charge is 0.481 e. The Labute approximate surface area is 310 Å². The fourth-order valence-electron chi connectivity index (χ4n) is 6.40. The van der Waals surface area contributed by atoms with Gasteiger partial charge in [-0.25, -0.2) is 0 Å². The number of fused-ring (bicyclic) bond motifs is 6. The highest BCUT2D eigenvalue weighted by Crippen LogP contribution is 2.20. The van der Waals surface area contributed by atoms with Gasteiger partial charge in [0.15, 0.2) is 0 Å². The summed E-state index contributed by atoms with van der Waals surface area (Å²) in [5.41, 5.74) is 2.06. The van der Waals surface area contributed by atoms with E-state index in [0.29, 0.717) is 11.1 Å². The summed E-state index contributed by atoms with van der Waals surface area (Å²) >= 11 is 0. The number of amides is 7. The summed E-state index contributed by atoms with van der Waals surface area (Å²) in [5, 5.41) is 28.2. The van der Waals surface area contributed by atoms with Crippen LogP contribution >= 0.6 is 0 Å². The number of para-hydroxylation sites is 1. The number of carbonyl (C=O) groups excluding carboxylic acids is 7. The summed E-state index contributed by atoms with van der Waals surface area (Å²) in [4.78, 5) is 112. The standard InChI is InChI=1S/C37H44N8O9/c1-19(2)12-24-32(49)44-28(16-31(47)48)36(53)43-27-15-30(46)39-18-29(37(54)40-24)45-33(50)25(13-20-8-4-3-5-9-20)41-34(51)26(42-35(27)52)14-21-17-38-23-11-7-6-10-22(21)23/h3-11,17,19,24-29,38H,12-16,18H2,1-2H3,(H,39,46)(H,40,54)(H,41,51)(H,42,52)(H,43,53)(H,44,49)(H,45,50)(H,47,48)/t24-,25?,26-,27-,28-,29-/m0/s1. The van der Waals surface area contributed by atoms with Gasteiger partial charge in [0.25, 0.3) is 0 Å². The lowest BCUT2D eigenvalue weighted by Gasteiger charge is -2.30. The van der Waals surface area contributed by atoms with Crippen LogP contribution in [0.2, 0.25) is 0 Å². The van der Waals surface area contributed by atoms with Crippen molar-refractivity contribution in [1.29, 1.82) is 0 Å². The van der Waals surface area contributed by atoms with Crippen LogP contribution in [0, 0.1) is 5.92 Å². The quantitative estimate of drug-likeness (QED) is 0.136. The van der Waals surface area contributed by atoms with Gasteiger partial charge >= 0.3 is 5.97 Å². The first kappa shape index (κ1) is 39.0. The van der Waals surface area contributed by atoms with Crippen LogP contribution in [0.4, 0.5) is 0 Å². The van der Waals surface area contributed by atoms with Gasteiger partial charge in [0, 0.05) is 36.5 Å². The number of rotatable bonds is 8. The number of nitrogens with one attached hydrogen (secondary N) is 8. The maximum absolute atomic E-state index is 14.2. The van der Waals surface area contributed by atoms with Gasteiger partial charge < -0.3 is 47.3 Å². The minimum absolute atomic E-state index is 0.0190. The minimum atomic E-state index is -1.72. The molecule has 3 aromatic rings. The van der Waals surface area contributed by atoms with Gasteiger partial charge in [0.05, 0.1) is 12.8 Å². The molecule has 17 nitrogen and oxygen atoms in total. The molecule has 9 N–H and O–H groups in total. The highest BCUT2D eigenvalue weighted by Gasteiger charge is 2.37. The van der Waals surface area contributed by atoms with Crippen molar-refractivity contribution in [3.63, 3.8) is 0 Å². The summed E-state index contributed by atoms with van der Waals surface area (Å²) in [7, 11) is 0. The van der Waals surface area contributed by atoms with Gasteiger partial charge in [0.2, 0.25) is 41.4 Å². The van der Waals surface area contributed by atoms with Gasteiger partial charge in [-0.1, -0.05) is 62.4 Å². The number of carboxylic acids is 1. The molecule has 17 heteroatoms. The molecule has 54 heavy (non-hydrogen) atoms. The Balaban J connectivity index is 1.59. The molecule has 0 radical (unpaired) electrons. The van der Waals surface area contributed by atoms with Crippen molar-refractivity contribution in [2.45, 2.75) is 82.2 Å². The van der Waals surface area contributed by atoms with Crippen LogP contribution in [0.15, 0.2) is 60.8 Å². The van der Waals surface area contributed by atoms with Crippen LogP contribution in [0.25, 0.3) is 10.9 Å². The third kappa shape index (κ3) is 10.2. The topological polar surface area (TPSA) is 257 Å². The van der Waals surface area contributed by atoms with Gasteiger partial charge in [-0.05, 0) is 29.5 Å². The Morgan fingerprint density at radius 1 is 0.667 bits per heavy atom. The molecular formula is C37H44N8O9. The fourth-order valence-corrected chi connectivity index (χ4v) is 6.40. The molecule has 1 unspecified atom stereocenters. The number of hydrogen-bond acceptors (Lipinski definition) is 8. The first-order valence-corrected chi connectivity index (χ1v) is 17.7. The number of aromatic amines is 1. The lowest BCUT2D eigenvalue weighted by molar-refractivity contribution is -0.142. The predicted molar refractivity (Wildman–Crippen MR) is 193 cm³/mol. The van der Waals surface area contributed by atoms with Crippen molar-refractivity contribution in [2.24, 2.45) is 5.92 Å². The van der Waals surface area contributed by atoms with Gasteiger partial charge in [-0.3, -0.25) is 38.4 Å². The van der Waals surface area contributed by atoms with Crippen molar-refractivity contribution >= 4 is 58.2 Å². The van der Waals surface area contributed by atoms with Gasteiger partial charge in [0.1, 0.15) is 36.3 Å². The normalized spacial score (nSPS) is 24.8. The fraction of sp³-hybridized carbons (Fsp3) is 0.405. The molecule has 6 atom stereocenters. The predicted octanol–water partition coefficient (Wildman–Crippen LogP) is -1.08. The van der Waals surface area contributed by atoms with Crippen molar-refractivity contribution in [3.8, 4) is 0 Å². The average molecular weight is 745 g/mol. The van der Waals surface area contributed by atoms with Crippen LogP contribution in [-0.4, -0.2) is 100 Å². The zero-order valence-electron chi connectivity index (χ0n) is 29.8. The molecule has 2 aliphatic heterocycles. The molecule has 0 spiro atoms. The number of carbonyl (C=O) groups is 8. The summed E-state index contributed by atoms with van der Waals surface area (Å²) in [6, 6.07) is 7.27. The van der Waals surface area contributed by atoms with Crippen molar-refractivity contribution in [3.05, 3.63) is 71.9 Å². The molecular weight excluding hydrogens is 700 g/mol. The Morgan fingerprint density at radius 2 is 1.22 bits per heavy atom. The van der Waals surface area contributed by atoms with Crippen molar-refractivity contribution < 1.29 is 43.5 Å². The van der Waals surface area contributed by atoms with E-state index >= 15 is 0 Å². The van der Waals surface area contributed by atoms with Crippen LogP contribution in [0.1, 0.15) is 44.2 Å². The maximum atomic E-state index is 14.2. The summed E-state index contributed by atoms with van der Waals surface area (Å²) < 4.78 is 0. The van der Waals surface area contributed by atoms with E-state index in [2.05, 4.69) is 42.2 Å². The highest BCUT2D eigenvalue weighted by molar-refractivity contribution is 6.00. The van der Waals surface area contributed by atoms with E-state index in [4.69, 9.17) is 0 Å². The number of aromatic nitrogens is 1. The molecule has 1 aromatic heterocycles. The third-order valence-electron chi connectivity index (χ3n) is 9.16. The molecule has 2 bridgehead atoms. The Kier molecular flexibility index (Phi) is 12.6. The van der Waals surface area contributed by atoms with E-state index in [1.54, 1.807) is 56.4 Å². The minimum Gasteiger partial charge on any atom is -0.481 e. The molecule has 7 amide bonds. The van der Waals surface area contributed by atoms with Gasteiger partial charge in [-0.2, -0.15) is 0 Å². The Morgan fingerprint density at radius 3 is 1.94 bits per heavy atom. The van der Waals surface area contributed by atoms with E-state index in [1.165, 1.54) is 0 Å². The zero-order chi connectivity index (χ0) is 38.9. The molecule has 0 saturated carbocycles. The Hall–Kier alpha value is -6.26. The molecule has 5 rings (SSSR count). The molecule has 0 aliphatic carbocycles. The SMILES string of the molecule is CC(C)C[C@@H]1NC(=O)[C@@H]2CNC(=O)C[C@H](NC(=O)[C@H](CC(=O)O)NC1=O)C(=O)N[C@@H](Cc1c[nH]c3ccccc13)C(=O)NC(Cc1ccccc1)C(=O)N2. The lowest BCUT2D eigenvalue weighted by atomic mass is 10.00. The second-order valence-electron chi connectivity index (χ2n) is 13.9. The van der Waals surface area contributed by atoms with E-state index in [0.717, 1.165) is 10.9 Å². The number of benzene rings is 2. The first-order chi connectivity index (χ1) is 25.8. The third-order valence-corrected chi connectivity index (χ3v) is 9.16. The van der Waals surface area contributed by atoms with Crippen LogP contribution in [-0.2, 0) is 51.2 Å². The van der Waals surface area contributed by atoms with E-state index in [-0.39, 0.29) is 25.2 Å². The van der Waals surface area contributed by atoms with E-state index in [9.17, 15) is 43.5 Å². The lowest BCUT2D eigenvalue weighted by Crippen LogP contribution is -2.64. The van der Waals surface area contributed by atoms with Crippen LogP contribution < -0.4 is 37.2 Å². The van der Waals surface area contributed by atoms with Gasteiger partial charge in [-0.15, -0.1) is 0 Å². The molecule has 2 aliphatic rings. The number of H-pyrrole nitrogens is 1. The smallest absolute Gasteiger partial charge is 0.305 e. The summed E-state index contributed by atoms with van der Waals surface area (Å²) in [6.07, 6.45) is 0.0173. The molecule has 2 fully saturated rings. The van der Waals surface area contributed by atoms with E-state index < -0.39 is 103 Å². The number of hydrogen-bond donors (Lipinski definition) is 9. The average Bonchev–Trinajstić information content (AvgIpc) is 3.53. The maximum Gasteiger partial charge on any atom is 0.305 e. The molecule has 286 valence electrons. The summed E-state index contributed by atoms with van der Waals surface area (Å²) in [5.74, 6) is -7.80. The highest BCUT2D eigenvalue weighted by atomic mass is 16.4. The molecule has 2 aromatic carbocycles. The zero-order valence-corrected chi connectivity index (χ0v) is 29.8. The van der Waals surface area contributed by atoms with Crippen molar-refractivity contribution in [2.75, 3.05) is 6.54 Å². The Bertz CT molecular complexity index is 1910. The second kappa shape index (κ2) is 17.5. The second-order valence-corrected chi connectivity index (χ2v) is 13.9. The van der Waals surface area contributed by atoms with Crippen LogP contribution in [0.5, 0.6) is 0 Å². The molecule has 3 heterocycles. The van der Waals surface area contributed by atoms with E-state index in [1.807, 2.05) is 18.2 Å².